The van der Waals surface area contributed by atoms with Crippen molar-refractivity contribution in [2.75, 3.05) is 36.8 Å². The third-order valence-electron chi connectivity index (χ3n) is 3.32. The Kier molecular flexibility index (Phi) is 4.53. The van der Waals surface area contributed by atoms with Crippen molar-refractivity contribution in [1.29, 1.82) is 0 Å². The number of hydrogen-bond donors (Lipinski definition) is 1. The standard InChI is InChI=1S/C14H20N2OS/c1-12-3-2-4-13(11-12)15-6-8-16(9-7-15)14(17)5-10-18/h2-4,11,18H,5-10H2,1H3. The van der Waals surface area contributed by atoms with E-state index in [1.165, 1.54) is 11.3 Å². The number of nitrogens with zero attached hydrogens (tertiary/aromatic N) is 2. The van der Waals surface area contributed by atoms with Crippen LogP contribution >= 0.6 is 12.6 Å². The first kappa shape index (κ1) is 13.3. The fourth-order valence-corrected chi connectivity index (χ4v) is 2.48. The van der Waals surface area contributed by atoms with Crippen LogP contribution in [0.15, 0.2) is 24.3 Å². The minimum Gasteiger partial charge on any atom is -0.368 e. The van der Waals surface area contributed by atoms with Crippen LogP contribution in [0.25, 0.3) is 0 Å². The molecule has 1 aliphatic rings. The van der Waals surface area contributed by atoms with Crippen molar-refractivity contribution in [2.24, 2.45) is 0 Å². The van der Waals surface area contributed by atoms with Gasteiger partial charge in [0.25, 0.3) is 0 Å². The van der Waals surface area contributed by atoms with Gasteiger partial charge in [-0.05, 0) is 30.4 Å². The van der Waals surface area contributed by atoms with Gasteiger partial charge in [-0.1, -0.05) is 12.1 Å². The summed E-state index contributed by atoms with van der Waals surface area (Å²) in [7, 11) is 0. The SMILES string of the molecule is Cc1cccc(N2CCN(C(=O)CCS)CC2)c1. The van der Waals surface area contributed by atoms with E-state index in [4.69, 9.17) is 0 Å². The normalized spacial score (nSPS) is 15.9. The molecule has 2 rings (SSSR count). The number of benzene rings is 1. The molecule has 3 nitrogen and oxygen atoms in total. The first-order valence-electron chi connectivity index (χ1n) is 6.41. The molecular weight excluding hydrogens is 244 g/mol. The first-order chi connectivity index (χ1) is 8.70. The van der Waals surface area contributed by atoms with Crippen LogP contribution in [-0.4, -0.2) is 42.7 Å². The Balaban J connectivity index is 1.92. The molecule has 1 aromatic carbocycles. The molecular formula is C14H20N2OS. The molecule has 18 heavy (non-hydrogen) atoms. The summed E-state index contributed by atoms with van der Waals surface area (Å²) in [5.74, 6) is 0.866. The highest BCUT2D eigenvalue weighted by molar-refractivity contribution is 7.80. The number of piperazine rings is 1. The number of carbonyl (C=O) groups excluding carboxylic acids is 1. The van der Waals surface area contributed by atoms with Gasteiger partial charge in [-0.25, -0.2) is 0 Å². The van der Waals surface area contributed by atoms with Gasteiger partial charge >= 0.3 is 0 Å². The molecule has 98 valence electrons. The largest absolute Gasteiger partial charge is 0.368 e. The van der Waals surface area contributed by atoms with Gasteiger partial charge in [0, 0.05) is 38.3 Å². The molecule has 0 bridgehead atoms. The molecule has 0 spiro atoms. The average molecular weight is 264 g/mol. The molecule has 0 saturated carbocycles. The molecule has 1 aromatic rings. The lowest BCUT2D eigenvalue weighted by Gasteiger charge is -2.36. The van der Waals surface area contributed by atoms with Gasteiger partial charge in [0.2, 0.25) is 5.91 Å². The monoisotopic (exact) mass is 264 g/mol. The van der Waals surface area contributed by atoms with Crippen LogP contribution < -0.4 is 4.90 Å². The molecule has 0 N–H and O–H groups in total. The highest BCUT2D eigenvalue weighted by Crippen LogP contribution is 2.18. The van der Waals surface area contributed by atoms with Crippen molar-refractivity contribution in [3.05, 3.63) is 29.8 Å². The van der Waals surface area contributed by atoms with Gasteiger partial charge in [-0.15, -0.1) is 0 Å². The van der Waals surface area contributed by atoms with Crippen molar-refractivity contribution in [1.82, 2.24) is 4.90 Å². The quantitative estimate of drug-likeness (QED) is 0.844. The summed E-state index contributed by atoms with van der Waals surface area (Å²) in [6.07, 6.45) is 0.549. The number of aryl methyl sites for hydroxylation is 1. The Morgan fingerprint density at radius 3 is 2.61 bits per heavy atom. The molecule has 0 atom stereocenters. The van der Waals surface area contributed by atoms with Crippen molar-refractivity contribution >= 4 is 24.2 Å². The number of carbonyl (C=O) groups is 1. The molecule has 1 fully saturated rings. The lowest BCUT2D eigenvalue weighted by molar-refractivity contribution is -0.131. The minimum atomic E-state index is 0.230. The Labute approximate surface area is 114 Å². The predicted octanol–water partition coefficient (Wildman–Crippen LogP) is 1.96. The predicted molar refractivity (Wildman–Crippen MR) is 78.4 cm³/mol. The second-order valence-corrected chi connectivity index (χ2v) is 5.13. The van der Waals surface area contributed by atoms with E-state index in [-0.39, 0.29) is 5.91 Å². The van der Waals surface area contributed by atoms with E-state index in [0.717, 1.165) is 26.2 Å². The highest BCUT2D eigenvalue weighted by Gasteiger charge is 2.20. The summed E-state index contributed by atoms with van der Waals surface area (Å²) in [6, 6.07) is 8.53. The summed E-state index contributed by atoms with van der Waals surface area (Å²) in [4.78, 5) is 16.0. The zero-order valence-corrected chi connectivity index (χ0v) is 11.7. The third kappa shape index (κ3) is 3.19. The Bertz CT molecular complexity index is 414. The fourth-order valence-electron chi connectivity index (χ4n) is 2.29. The lowest BCUT2D eigenvalue weighted by atomic mass is 10.2. The Morgan fingerprint density at radius 1 is 1.28 bits per heavy atom. The van der Waals surface area contributed by atoms with E-state index < -0.39 is 0 Å². The zero-order chi connectivity index (χ0) is 13.0. The maximum atomic E-state index is 11.8. The fraction of sp³-hybridized carbons (Fsp3) is 0.500. The van der Waals surface area contributed by atoms with Gasteiger partial charge in [0.05, 0.1) is 0 Å². The van der Waals surface area contributed by atoms with E-state index in [1.54, 1.807) is 0 Å². The summed E-state index contributed by atoms with van der Waals surface area (Å²) < 4.78 is 0. The highest BCUT2D eigenvalue weighted by atomic mass is 32.1. The van der Waals surface area contributed by atoms with E-state index >= 15 is 0 Å². The third-order valence-corrected chi connectivity index (χ3v) is 3.55. The first-order valence-corrected chi connectivity index (χ1v) is 7.04. The average Bonchev–Trinajstić information content (AvgIpc) is 2.39. The summed E-state index contributed by atoms with van der Waals surface area (Å²) in [5.41, 5.74) is 2.54. The van der Waals surface area contributed by atoms with Gasteiger partial charge in [-0.3, -0.25) is 4.79 Å². The van der Waals surface area contributed by atoms with Crippen LogP contribution in [0.5, 0.6) is 0 Å². The maximum absolute atomic E-state index is 11.8. The van der Waals surface area contributed by atoms with Crippen molar-refractivity contribution in [2.45, 2.75) is 13.3 Å². The Morgan fingerprint density at radius 2 is 2.00 bits per heavy atom. The number of anilines is 1. The molecule has 1 amide bonds. The summed E-state index contributed by atoms with van der Waals surface area (Å²) in [5, 5.41) is 0. The molecule has 0 aliphatic carbocycles. The zero-order valence-electron chi connectivity index (χ0n) is 10.8. The van der Waals surface area contributed by atoms with Gasteiger partial charge < -0.3 is 9.80 Å². The number of hydrogen-bond acceptors (Lipinski definition) is 3. The van der Waals surface area contributed by atoms with E-state index in [1.807, 2.05) is 4.90 Å². The van der Waals surface area contributed by atoms with Crippen LogP contribution in [0.3, 0.4) is 0 Å². The number of thiol groups is 1. The summed E-state index contributed by atoms with van der Waals surface area (Å²) in [6.45, 7) is 5.58. The van der Waals surface area contributed by atoms with Gasteiger partial charge in [0.15, 0.2) is 0 Å². The van der Waals surface area contributed by atoms with Crippen LogP contribution in [0.1, 0.15) is 12.0 Å². The lowest BCUT2D eigenvalue weighted by Crippen LogP contribution is -2.48. The topological polar surface area (TPSA) is 23.6 Å². The van der Waals surface area contributed by atoms with E-state index in [2.05, 4.69) is 48.7 Å². The molecule has 1 heterocycles. The van der Waals surface area contributed by atoms with Crippen molar-refractivity contribution < 1.29 is 4.79 Å². The van der Waals surface area contributed by atoms with Crippen LogP contribution in [0.2, 0.25) is 0 Å². The molecule has 1 aliphatic heterocycles. The molecule has 0 unspecified atom stereocenters. The smallest absolute Gasteiger partial charge is 0.223 e. The Hall–Kier alpha value is -1.16. The van der Waals surface area contributed by atoms with Crippen molar-refractivity contribution in [3.8, 4) is 0 Å². The van der Waals surface area contributed by atoms with Crippen molar-refractivity contribution in [3.63, 3.8) is 0 Å². The second-order valence-electron chi connectivity index (χ2n) is 4.68. The molecule has 0 radical (unpaired) electrons. The van der Waals surface area contributed by atoms with E-state index in [0.29, 0.717) is 12.2 Å². The maximum Gasteiger partial charge on any atom is 0.223 e. The van der Waals surface area contributed by atoms with Gasteiger partial charge in [0.1, 0.15) is 0 Å². The minimum absolute atomic E-state index is 0.230. The number of rotatable bonds is 3. The molecule has 1 saturated heterocycles. The van der Waals surface area contributed by atoms with Gasteiger partial charge in [-0.2, -0.15) is 12.6 Å². The van der Waals surface area contributed by atoms with Crippen LogP contribution in [0, 0.1) is 6.92 Å². The van der Waals surface area contributed by atoms with Crippen LogP contribution in [-0.2, 0) is 4.79 Å². The second kappa shape index (κ2) is 6.14. The van der Waals surface area contributed by atoms with Crippen LogP contribution in [0.4, 0.5) is 5.69 Å². The molecule has 4 heteroatoms. The summed E-state index contributed by atoms with van der Waals surface area (Å²) >= 11 is 4.11. The number of amides is 1. The van der Waals surface area contributed by atoms with E-state index in [9.17, 15) is 4.79 Å². The molecule has 0 aromatic heterocycles.